The lowest BCUT2D eigenvalue weighted by atomic mass is 10.0. The van der Waals surface area contributed by atoms with E-state index in [0.717, 1.165) is 6.42 Å². The van der Waals surface area contributed by atoms with Crippen molar-refractivity contribution in [1.82, 2.24) is 0 Å². The molecule has 1 rings (SSSR count). The van der Waals surface area contributed by atoms with Gasteiger partial charge in [0, 0.05) is 0 Å². The summed E-state index contributed by atoms with van der Waals surface area (Å²) in [6.07, 6.45) is 16.0. The van der Waals surface area contributed by atoms with Gasteiger partial charge < -0.3 is 9.84 Å². The first-order valence-corrected chi connectivity index (χ1v) is 10.7. The SMILES string of the molecule is C=CC[C@@H](O)C[C@@H](CCCCCCCCCCC)OCc1ccccc1. The number of hydrogen-bond acceptors (Lipinski definition) is 2. The van der Waals surface area contributed by atoms with Gasteiger partial charge in [-0.2, -0.15) is 0 Å². The van der Waals surface area contributed by atoms with Crippen molar-refractivity contribution in [2.45, 2.75) is 103 Å². The van der Waals surface area contributed by atoms with Crippen LogP contribution < -0.4 is 0 Å². The molecular weight excluding hydrogens is 320 g/mol. The minimum absolute atomic E-state index is 0.134. The fourth-order valence-corrected chi connectivity index (χ4v) is 3.33. The van der Waals surface area contributed by atoms with Gasteiger partial charge >= 0.3 is 0 Å². The third kappa shape index (κ3) is 12.3. The fraction of sp³-hybridized carbons (Fsp3) is 0.667. The Morgan fingerprint density at radius 1 is 0.962 bits per heavy atom. The van der Waals surface area contributed by atoms with Crippen LogP contribution in [0, 0.1) is 0 Å². The van der Waals surface area contributed by atoms with Crippen molar-refractivity contribution < 1.29 is 9.84 Å². The second-order valence-electron chi connectivity index (χ2n) is 7.45. The maximum Gasteiger partial charge on any atom is 0.0720 e. The number of benzene rings is 1. The van der Waals surface area contributed by atoms with E-state index >= 15 is 0 Å². The Balaban J connectivity index is 2.22. The van der Waals surface area contributed by atoms with Gasteiger partial charge in [-0.15, -0.1) is 6.58 Å². The molecule has 2 nitrogen and oxygen atoms in total. The van der Waals surface area contributed by atoms with Crippen LogP contribution in [0.5, 0.6) is 0 Å². The second-order valence-corrected chi connectivity index (χ2v) is 7.45. The van der Waals surface area contributed by atoms with Gasteiger partial charge in [0.1, 0.15) is 0 Å². The quantitative estimate of drug-likeness (QED) is 0.244. The number of hydrogen-bond donors (Lipinski definition) is 1. The highest BCUT2D eigenvalue weighted by Gasteiger charge is 2.14. The zero-order valence-electron chi connectivity index (χ0n) is 16.9. The lowest BCUT2D eigenvalue weighted by Gasteiger charge is -2.21. The molecule has 2 heteroatoms. The Morgan fingerprint density at radius 3 is 2.19 bits per heavy atom. The van der Waals surface area contributed by atoms with Crippen LogP contribution in [-0.2, 0) is 11.3 Å². The molecule has 0 aliphatic heterocycles. The number of aliphatic hydroxyl groups excluding tert-OH is 1. The molecule has 0 aliphatic carbocycles. The monoisotopic (exact) mass is 360 g/mol. The molecule has 0 radical (unpaired) electrons. The Kier molecular flexibility index (Phi) is 14.2. The summed E-state index contributed by atoms with van der Waals surface area (Å²) >= 11 is 0. The van der Waals surface area contributed by atoms with Gasteiger partial charge in [0.2, 0.25) is 0 Å². The first-order valence-electron chi connectivity index (χ1n) is 10.7. The lowest BCUT2D eigenvalue weighted by Crippen LogP contribution is -2.20. The van der Waals surface area contributed by atoms with Crippen LogP contribution in [0.25, 0.3) is 0 Å². The van der Waals surface area contributed by atoms with E-state index in [1.165, 1.54) is 63.4 Å². The standard InChI is InChI=1S/C24H40O2/c1-3-5-6-7-8-9-10-11-15-19-24(20-23(25)16-4-2)26-21-22-17-13-12-14-18-22/h4,12-14,17-18,23-25H,2-3,5-11,15-16,19-21H2,1H3/t23-,24-/m1/s1. The van der Waals surface area contributed by atoms with Crippen LogP contribution in [0.3, 0.4) is 0 Å². The summed E-state index contributed by atoms with van der Waals surface area (Å²) in [6.45, 7) is 6.62. The van der Waals surface area contributed by atoms with Crippen molar-refractivity contribution in [2.24, 2.45) is 0 Å². The molecule has 148 valence electrons. The summed E-state index contributed by atoms with van der Waals surface area (Å²) in [7, 11) is 0. The molecular formula is C24H40O2. The molecule has 0 saturated heterocycles. The molecule has 26 heavy (non-hydrogen) atoms. The Labute approximate surface area is 161 Å². The molecule has 0 aromatic heterocycles. The van der Waals surface area contributed by atoms with E-state index in [1.807, 2.05) is 18.2 Å². The van der Waals surface area contributed by atoms with Crippen LogP contribution in [0.2, 0.25) is 0 Å². The lowest BCUT2D eigenvalue weighted by molar-refractivity contribution is -0.00119. The van der Waals surface area contributed by atoms with E-state index in [9.17, 15) is 5.11 Å². The van der Waals surface area contributed by atoms with Gasteiger partial charge in [-0.3, -0.25) is 0 Å². The summed E-state index contributed by atoms with van der Waals surface area (Å²) < 4.78 is 6.12. The van der Waals surface area contributed by atoms with Crippen LogP contribution in [0.15, 0.2) is 43.0 Å². The van der Waals surface area contributed by atoms with Gasteiger partial charge in [-0.05, 0) is 24.8 Å². The zero-order valence-corrected chi connectivity index (χ0v) is 16.9. The molecule has 0 heterocycles. The van der Waals surface area contributed by atoms with Crippen molar-refractivity contribution in [3.8, 4) is 0 Å². The highest BCUT2D eigenvalue weighted by atomic mass is 16.5. The van der Waals surface area contributed by atoms with Crippen molar-refractivity contribution in [2.75, 3.05) is 0 Å². The third-order valence-corrected chi connectivity index (χ3v) is 4.93. The maximum atomic E-state index is 10.1. The Morgan fingerprint density at radius 2 is 1.58 bits per heavy atom. The van der Waals surface area contributed by atoms with Crippen molar-refractivity contribution >= 4 is 0 Å². The van der Waals surface area contributed by atoms with E-state index in [-0.39, 0.29) is 12.2 Å². The van der Waals surface area contributed by atoms with Crippen molar-refractivity contribution in [3.63, 3.8) is 0 Å². The summed E-state index contributed by atoms with van der Waals surface area (Å²) in [6, 6.07) is 10.3. The van der Waals surface area contributed by atoms with Crippen molar-refractivity contribution in [1.29, 1.82) is 0 Å². The number of aliphatic hydroxyl groups is 1. The maximum absolute atomic E-state index is 10.1. The molecule has 0 fully saturated rings. The van der Waals surface area contributed by atoms with Crippen LogP contribution in [-0.4, -0.2) is 17.3 Å². The topological polar surface area (TPSA) is 29.5 Å². The molecule has 0 amide bonds. The molecule has 2 atom stereocenters. The van der Waals surface area contributed by atoms with Gasteiger partial charge in [0.05, 0.1) is 18.8 Å². The van der Waals surface area contributed by atoms with Gasteiger partial charge in [-0.25, -0.2) is 0 Å². The summed E-state index contributed by atoms with van der Waals surface area (Å²) in [5.41, 5.74) is 1.20. The van der Waals surface area contributed by atoms with Crippen molar-refractivity contribution in [3.05, 3.63) is 48.6 Å². The van der Waals surface area contributed by atoms with E-state index in [2.05, 4.69) is 25.6 Å². The summed E-state index contributed by atoms with van der Waals surface area (Å²) in [4.78, 5) is 0. The minimum atomic E-state index is -0.341. The van der Waals surface area contributed by atoms with E-state index in [0.29, 0.717) is 19.4 Å². The van der Waals surface area contributed by atoms with E-state index in [1.54, 1.807) is 6.08 Å². The Hall–Kier alpha value is -1.12. The van der Waals surface area contributed by atoms with Gasteiger partial charge in [0.25, 0.3) is 0 Å². The zero-order chi connectivity index (χ0) is 18.9. The normalized spacial score (nSPS) is 13.5. The molecule has 0 bridgehead atoms. The first kappa shape index (κ1) is 22.9. The first-order chi connectivity index (χ1) is 12.8. The fourth-order valence-electron chi connectivity index (χ4n) is 3.33. The number of unbranched alkanes of at least 4 members (excludes halogenated alkanes) is 8. The smallest absolute Gasteiger partial charge is 0.0720 e. The largest absolute Gasteiger partial charge is 0.393 e. The highest BCUT2D eigenvalue weighted by molar-refractivity contribution is 5.13. The predicted molar refractivity (Wildman–Crippen MR) is 112 cm³/mol. The van der Waals surface area contributed by atoms with Crippen LogP contribution in [0.1, 0.15) is 89.5 Å². The Bertz CT molecular complexity index is 429. The summed E-state index contributed by atoms with van der Waals surface area (Å²) in [5.74, 6) is 0. The molecule has 1 aromatic rings. The average molecular weight is 361 g/mol. The van der Waals surface area contributed by atoms with Crippen LogP contribution in [0.4, 0.5) is 0 Å². The highest BCUT2D eigenvalue weighted by Crippen LogP contribution is 2.18. The molecule has 0 unspecified atom stereocenters. The molecule has 1 N–H and O–H groups in total. The van der Waals surface area contributed by atoms with E-state index in [4.69, 9.17) is 4.74 Å². The predicted octanol–water partition coefficient (Wildman–Crippen LogP) is 6.82. The van der Waals surface area contributed by atoms with E-state index < -0.39 is 0 Å². The van der Waals surface area contributed by atoms with Crippen LogP contribution >= 0.6 is 0 Å². The van der Waals surface area contributed by atoms with Gasteiger partial charge in [0.15, 0.2) is 0 Å². The minimum Gasteiger partial charge on any atom is -0.393 e. The average Bonchev–Trinajstić information content (AvgIpc) is 2.65. The molecule has 0 spiro atoms. The number of ether oxygens (including phenoxy) is 1. The van der Waals surface area contributed by atoms with Gasteiger partial charge in [-0.1, -0.05) is 101 Å². The third-order valence-electron chi connectivity index (χ3n) is 4.93. The molecule has 0 saturated carbocycles. The number of rotatable bonds is 17. The second kappa shape index (κ2) is 16.1. The molecule has 1 aromatic carbocycles. The molecule has 0 aliphatic rings. The summed E-state index contributed by atoms with van der Waals surface area (Å²) in [5, 5.41) is 10.1.